The van der Waals surface area contributed by atoms with E-state index in [1.165, 1.54) is 13.3 Å². The molecule has 1 saturated heterocycles. The van der Waals surface area contributed by atoms with Crippen molar-refractivity contribution in [3.05, 3.63) is 78.9 Å². The van der Waals surface area contributed by atoms with Gasteiger partial charge in [0.1, 0.15) is 5.75 Å². The molecule has 33 heavy (non-hydrogen) atoms. The van der Waals surface area contributed by atoms with Crippen molar-refractivity contribution in [3.63, 3.8) is 0 Å². The van der Waals surface area contributed by atoms with Crippen LogP contribution < -0.4 is 15.0 Å². The van der Waals surface area contributed by atoms with E-state index >= 15 is 0 Å². The van der Waals surface area contributed by atoms with Crippen molar-refractivity contribution in [2.45, 2.75) is 0 Å². The van der Waals surface area contributed by atoms with E-state index in [4.69, 9.17) is 4.74 Å². The number of azo groups is 1. The number of aliphatic imine (C=N–C) groups is 1. The third-order valence-corrected chi connectivity index (χ3v) is 4.79. The Morgan fingerprint density at radius 3 is 2.12 bits per heavy atom. The molecule has 1 heterocycles. The van der Waals surface area contributed by atoms with Gasteiger partial charge in [0.05, 0.1) is 29.9 Å². The summed E-state index contributed by atoms with van der Waals surface area (Å²) in [6.45, 7) is 0. The summed E-state index contributed by atoms with van der Waals surface area (Å²) in [6.07, 6.45) is 1.22. The first-order valence-electron chi connectivity index (χ1n) is 9.99. The van der Waals surface area contributed by atoms with Crippen LogP contribution in [0.25, 0.3) is 0 Å². The molecule has 3 aromatic carbocycles. The van der Waals surface area contributed by atoms with Crippen LogP contribution in [0.2, 0.25) is 0 Å². The van der Waals surface area contributed by atoms with Crippen LogP contribution in [0, 0.1) is 5.92 Å². The van der Waals surface area contributed by atoms with Gasteiger partial charge < -0.3 is 4.74 Å². The SMILES string of the molecule is COc1ccccc1N1C(=O)NC(=O)[C@H](C=Nc2ccc(N=Nc3ccccc3)cc2)C1=O. The monoisotopic (exact) mass is 441 g/mol. The van der Waals surface area contributed by atoms with Crippen LogP contribution in [0.5, 0.6) is 5.75 Å². The number of nitrogens with zero attached hydrogens (tertiary/aromatic N) is 4. The number of carbonyl (C=O) groups excluding carboxylic acids is 3. The minimum absolute atomic E-state index is 0.238. The molecule has 1 fully saturated rings. The van der Waals surface area contributed by atoms with E-state index in [9.17, 15) is 14.4 Å². The molecular formula is C24H19N5O4. The zero-order chi connectivity index (χ0) is 23.2. The second kappa shape index (κ2) is 9.65. The van der Waals surface area contributed by atoms with Crippen LogP contribution >= 0.6 is 0 Å². The standard InChI is InChI=1S/C24H19N5O4/c1-33-21-10-6-5-9-20(21)29-23(31)19(22(30)26-24(29)32)15-25-16-11-13-18(14-12-16)28-27-17-7-3-2-4-8-17/h2-15,19H,1H3,(H,26,30,32)/t19-/m0/s1. The van der Waals surface area contributed by atoms with Gasteiger partial charge in [-0.15, -0.1) is 0 Å². The number of urea groups is 1. The number of hydrogen-bond acceptors (Lipinski definition) is 7. The molecule has 0 unspecified atom stereocenters. The van der Waals surface area contributed by atoms with Gasteiger partial charge >= 0.3 is 6.03 Å². The van der Waals surface area contributed by atoms with Crippen molar-refractivity contribution >= 4 is 46.8 Å². The van der Waals surface area contributed by atoms with Crippen LogP contribution in [0.4, 0.5) is 27.5 Å². The van der Waals surface area contributed by atoms with Gasteiger partial charge in [0, 0.05) is 6.21 Å². The van der Waals surface area contributed by atoms with Gasteiger partial charge in [-0.3, -0.25) is 19.9 Å². The minimum atomic E-state index is -1.27. The number of rotatable bonds is 6. The van der Waals surface area contributed by atoms with Crippen molar-refractivity contribution in [1.29, 1.82) is 0 Å². The maximum Gasteiger partial charge on any atom is 0.335 e. The van der Waals surface area contributed by atoms with E-state index in [1.54, 1.807) is 48.5 Å². The summed E-state index contributed by atoms with van der Waals surface area (Å²) >= 11 is 0. The number of anilines is 1. The first kappa shape index (κ1) is 21.6. The summed E-state index contributed by atoms with van der Waals surface area (Å²) in [4.78, 5) is 42.8. The van der Waals surface area contributed by atoms with Gasteiger partial charge in [-0.25, -0.2) is 9.69 Å². The van der Waals surface area contributed by atoms with Gasteiger partial charge in [-0.2, -0.15) is 10.2 Å². The second-order valence-corrected chi connectivity index (χ2v) is 6.95. The van der Waals surface area contributed by atoms with Crippen LogP contribution in [-0.4, -0.2) is 31.2 Å². The topological polar surface area (TPSA) is 113 Å². The number of imide groups is 2. The Kier molecular flexibility index (Phi) is 6.31. The number of benzene rings is 3. The molecule has 9 heteroatoms. The quantitative estimate of drug-likeness (QED) is 0.339. The van der Waals surface area contributed by atoms with Crippen molar-refractivity contribution in [3.8, 4) is 5.75 Å². The van der Waals surface area contributed by atoms with Gasteiger partial charge in [0.2, 0.25) is 5.91 Å². The molecule has 4 amide bonds. The lowest BCUT2D eigenvalue weighted by molar-refractivity contribution is -0.131. The molecule has 1 atom stereocenters. The molecular weight excluding hydrogens is 422 g/mol. The molecule has 0 spiro atoms. The largest absolute Gasteiger partial charge is 0.495 e. The summed E-state index contributed by atoms with van der Waals surface area (Å²) in [5, 5.41) is 10.5. The van der Waals surface area contributed by atoms with Crippen molar-refractivity contribution in [2.24, 2.45) is 21.1 Å². The molecule has 164 valence electrons. The zero-order valence-electron chi connectivity index (χ0n) is 17.6. The summed E-state index contributed by atoms with van der Waals surface area (Å²) < 4.78 is 5.24. The second-order valence-electron chi connectivity index (χ2n) is 6.95. The third-order valence-electron chi connectivity index (χ3n) is 4.79. The van der Waals surface area contributed by atoms with E-state index in [0.717, 1.165) is 10.6 Å². The van der Waals surface area contributed by atoms with E-state index in [-0.39, 0.29) is 5.69 Å². The molecule has 1 aliphatic heterocycles. The highest BCUT2D eigenvalue weighted by atomic mass is 16.5. The van der Waals surface area contributed by atoms with Crippen LogP contribution in [0.15, 0.2) is 94.1 Å². The Hall–Kier alpha value is -4.66. The molecule has 0 saturated carbocycles. The Labute approximate surface area is 189 Å². The summed E-state index contributed by atoms with van der Waals surface area (Å²) in [6, 6.07) is 21.8. The first-order chi connectivity index (χ1) is 16.1. The average molecular weight is 441 g/mol. The maximum atomic E-state index is 13.0. The highest BCUT2D eigenvalue weighted by molar-refractivity contribution is 6.33. The molecule has 1 aliphatic rings. The van der Waals surface area contributed by atoms with Gasteiger partial charge in [0.15, 0.2) is 5.92 Å². The lowest BCUT2D eigenvalue weighted by Gasteiger charge is -2.29. The minimum Gasteiger partial charge on any atom is -0.495 e. The van der Waals surface area contributed by atoms with Gasteiger partial charge in [0.25, 0.3) is 5.91 Å². The van der Waals surface area contributed by atoms with E-state index < -0.39 is 23.8 Å². The normalized spacial score (nSPS) is 16.5. The fourth-order valence-electron chi connectivity index (χ4n) is 3.14. The number of para-hydroxylation sites is 2. The molecule has 0 aromatic heterocycles. The Balaban J connectivity index is 1.51. The predicted molar refractivity (Wildman–Crippen MR) is 123 cm³/mol. The highest BCUT2D eigenvalue weighted by Crippen LogP contribution is 2.30. The number of hydrogen-bond donors (Lipinski definition) is 1. The number of nitrogens with one attached hydrogen (secondary N) is 1. The van der Waals surface area contributed by atoms with Crippen molar-refractivity contribution in [2.75, 3.05) is 12.0 Å². The third kappa shape index (κ3) is 4.82. The number of methoxy groups -OCH3 is 1. The maximum absolute atomic E-state index is 13.0. The smallest absolute Gasteiger partial charge is 0.335 e. The van der Waals surface area contributed by atoms with Crippen LogP contribution in [0.3, 0.4) is 0 Å². The molecule has 4 rings (SSSR count). The lowest BCUT2D eigenvalue weighted by Crippen LogP contribution is -2.58. The van der Waals surface area contributed by atoms with E-state index in [1.807, 2.05) is 30.3 Å². The average Bonchev–Trinajstić information content (AvgIpc) is 2.84. The number of ether oxygens (including phenoxy) is 1. The Morgan fingerprint density at radius 1 is 0.818 bits per heavy atom. The summed E-state index contributed by atoms with van der Waals surface area (Å²) in [5.74, 6) is -2.41. The van der Waals surface area contributed by atoms with E-state index in [0.29, 0.717) is 17.1 Å². The molecule has 9 nitrogen and oxygen atoms in total. The predicted octanol–water partition coefficient (Wildman–Crippen LogP) is 4.71. The lowest BCUT2D eigenvalue weighted by atomic mass is 10.1. The number of barbiturate groups is 1. The highest BCUT2D eigenvalue weighted by Gasteiger charge is 2.41. The van der Waals surface area contributed by atoms with Crippen molar-refractivity contribution < 1.29 is 19.1 Å². The van der Waals surface area contributed by atoms with Crippen molar-refractivity contribution in [1.82, 2.24) is 5.32 Å². The summed E-state index contributed by atoms with van der Waals surface area (Å²) in [7, 11) is 1.43. The van der Waals surface area contributed by atoms with E-state index in [2.05, 4.69) is 20.5 Å². The number of amides is 4. The molecule has 0 bridgehead atoms. The number of carbonyl (C=O) groups is 3. The van der Waals surface area contributed by atoms with Crippen LogP contribution in [0.1, 0.15) is 0 Å². The molecule has 0 radical (unpaired) electrons. The van der Waals surface area contributed by atoms with Gasteiger partial charge in [-0.05, 0) is 48.5 Å². The molecule has 1 N–H and O–H groups in total. The van der Waals surface area contributed by atoms with Crippen LogP contribution in [-0.2, 0) is 9.59 Å². The Bertz CT molecular complexity index is 1240. The summed E-state index contributed by atoms with van der Waals surface area (Å²) in [5.41, 5.74) is 2.10. The van der Waals surface area contributed by atoms with Gasteiger partial charge in [-0.1, -0.05) is 30.3 Å². The molecule has 3 aromatic rings. The Morgan fingerprint density at radius 2 is 1.42 bits per heavy atom. The fraction of sp³-hybridized carbons (Fsp3) is 0.0833. The fourth-order valence-corrected chi connectivity index (χ4v) is 3.14. The zero-order valence-corrected chi connectivity index (χ0v) is 17.6. The molecule has 0 aliphatic carbocycles. The first-order valence-corrected chi connectivity index (χ1v) is 9.99.